The summed E-state index contributed by atoms with van der Waals surface area (Å²) in [5.74, 6) is 1.52. The van der Waals surface area contributed by atoms with Gasteiger partial charge in [0.25, 0.3) is 0 Å². The Morgan fingerprint density at radius 3 is 2.57 bits per heavy atom. The van der Waals surface area contributed by atoms with Gasteiger partial charge in [0, 0.05) is 13.1 Å². The van der Waals surface area contributed by atoms with Gasteiger partial charge in [-0.05, 0) is 63.1 Å². The first-order chi connectivity index (χ1) is 13.3. The van der Waals surface area contributed by atoms with Crippen LogP contribution in [0.2, 0.25) is 0 Å². The molecule has 28 heavy (non-hydrogen) atoms. The van der Waals surface area contributed by atoms with E-state index in [9.17, 15) is 13.2 Å². The fourth-order valence-electron chi connectivity index (χ4n) is 3.36. The molecule has 1 saturated heterocycles. The summed E-state index contributed by atoms with van der Waals surface area (Å²) in [5, 5.41) is 2.94. The van der Waals surface area contributed by atoms with Gasteiger partial charge in [-0.3, -0.25) is 4.79 Å². The van der Waals surface area contributed by atoms with Crippen molar-refractivity contribution in [3.63, 3.8) is 0 Å². The van der Waals surface area contributed by atoms with Crippen molar-refractivity contribution in [3.05, 3.63) is 47.9 Å². The van der Waals surface area contributed by atoms with Gasteiger partial charge in [0.15, 0.2) is 0 Å². The fraction of sp³-hybridized carbons (Fsp3) is 0.450. The third-order valence-corrected chi connectivity index (χ3v) is 6.88. The van der Waals surface area contributed by atoms with Gasteiger partial charge in [-0.25, -0.2) is 8.42 Å². The molecule has 1 aliphatic rings. The van der Waals surface area contributed by atoms with E-state index in [4.69, 9.17) is 9.15 Å². The Balaban J connectivity index is 1.67. The number of carbonyl (C=O) groups excluding carboxylic acids is 1. The minimum atomic E-state index is -3.65. The molecule has 1 aromatic heterocycles. The second-order valence-corrected chi connectivity index (χ2v) is 8.99. The Bertz CT molecular complexity index is 920. The molecule has 2 heterocycles. The first kappa shape index (κ1) is 20.4. The van der Waals surface area contributed by atoms with Crippen molar-refractivity contribution in [1.29, 1.82) is 0 Å². The molecule has 8 heteroatoms. The van der Waals surface area contributed by atoms with E-state index in [0.717, 1.165) is 5.76 Å². The molecule has 7 nitrogen and oxygen atoms in total. The summed E-state index contributed by atoms with van der Waals surface area (Å²) >= 11 is 0. The van der Waals surface area contributed by atoms with Crippen LogP contribution in [0.1, 0.15) is 37.3 Å². The zero-order chi connectivity index (χ0) is 20.3. The molecular weight excluding hydrogens is 380 g/mol. The SMILES string of the molecule is COc1ccc(S(=O)(=O)N2CCCC(C(=O)NC(C)c3ccc(C)o3)C2)cc1. The van der Waals surface area contributed by atoms with Crippen LogP contribution in [0.4, 0.5) is 0 Å². The summed E-state index contributed by atoms with van der Waals surface area (Å²) in [6, 6.07) is 9.71. The van der Waals surface area contributed by atoms with Gasteiger partial charge < -0.3 is 14.5 Å². The summed E-state index contributed by atoms with van der Waals surface area (Å²) < 4.78 is 37.9. The first-order valence-electron chi connectivity index (χ1n) is 9.32. The summed E-state index contributed by atoms with van der Waals surface area (Å²) in [5.41, 5.74) is 0. The van der Waals surface area contributed by atoms with E-state index in [-0.39, 0.29) is 29.3 Å². The molecule has 1 amide bonds. The molecule has 2 atom stereocenters. The highest BCUT2D eigenvalue weighted by Gasteiger charge is 2.33. The number of nitrogens with zero attached hydrogens (tertiary/aromatic N) is 1. The van der Waals surface area contributed by atoms with Crippen molar-refractivity contribution in [3.8, 4) is 5.75 Å². The second kappa shape index (κ2) is 8.36. The maximum Gasteiger partial charge on any atom is 0.243 e. The smallest absolute Gasteiger partial charge is 0.243 e. The fourth-order valence-corrected chi connectivity index (χ4v) is 4.88. The van der Waals surface area contributed by atoms with Crippen molar-refractivity contribution in [1.82, 2.24) is 9.62 Å². The number of rotatable bonds is 6. The lowest BCUT2D eigenvalue weighted by atomic mass is 9.98. The number of hydrogen-bond acceptors (Lipinski definition) is 5. The molecule has 1 aromatic carbocycles. The Morgan fingerprint density at radius 1 is 1.25 bits per heavy atom. The number of piperidine rings is 1. The number of ether oxygens (including phenoxy) is 1. The van der Waals surface area contributed by atoms with Gasteiger partial charge >= 0.3 is 0 Å². The number of amides is 1. The molecule has 1 N–H and O–H groups in total. The Labute approximate surface area is 165 Å². The molecule has 0 saturated carbocycles. The van der Waals surface area contributed by atoms with Crippen LogP contribution in [0.3, 0.4) is 0 Å². The number of methoxy groups -OCH3 is 1. The molecule has 1 fully saturated rings. The molecule has 152 valence electrons. The summed E-state index contributed by atoms with van der Waals surface area (Å²) in [6.45, 7) is 4.28. The quantitative estimate of drug-likeness (QED) is 0.797. The van der Waals surface area contributed by atoms with Gasteiger partial charge in [0.2, 0.25) is 15.9 Å². The number of aryl methyl sites for hydroxylation is 1. The predicted octanol–water partition coefficient (Wildman–Crippen LogP) is 2.87. The Morgan fingerprint density at radius 2 is 1.96 bits per heavy atom. The molecule has 0 radical (unpaired) electrons. The number of carbonyl (C=O) groups is 1. The zero-order valence-corrected chi connectivity index (χ0v) is 17.2. The van der Waals surface area contributed by atoms with Crippen molar-refractivity contribution in [2.45, 2.75) is 37.6 Å². The minimum absolute atomic E-state index is 0.156. The Kier molecular flexibility index (Phi) is 6.10. The Hall–Kier alpha value is -2.32. The first-order valence-corrected chi connectivity index (χ1v) is 10.8. The van der Waals surface area contributed by atoms with E-state index in [1.807, 2.05) is 26.0 Å². The molecule has 3 rings (SSSR count). The van der Waals surface area contributed by atoms with E-state index >= 15 is 0 Å². The lowest BCUT2D eigenvalue weighted by Gasteiger charge is -2.31. The number of nitrogens with one attached hydrogen (secondary N) is 1. The summed E-state index contributed by atoms with van der Waals surface area (Å²) in [7, 11) is -2.12. The van der Waals surface area contributed by atoms with Crippen LogP contribution in [-0.2, 0) is 14.8 Å². The van der Waals surface area contributed by atoms with E-state index in [1.54, 1.807) is 12.1 Å². The number of benzene rings is 1. The van der Waals surface area contributed by atoms with Crippen LogP contribution < -0.4 is 10.1 Å². The topological polar surface area (TPSA) is 88.9 Å². The minimum Gasteiger partial charge on any atom is -0.497 e. The summed E-state index contributed by atoms with van der Waals surface area (Å²) in [6.07, 6.45) is 1.30. The highest BCUT2D eigenvalue weighted by molar-refractivity contribution is 7.89. The lowest BCUT2D eigenvalue weighted by molar-refractivity contribution is -0.126. The van der Waals surface area contributed by atoms with E-state index in [2.05, 4.69) is 5.32 Å². The van der Waals surface area contributed by atoms with Gasteiger partial charge in [-0.1, -0.05) is 0 Å². The van der Waals surface area contributed by atoms with E-state index in [1.165, 1.54) is 23.5 Å². The van der Waals surface area contributed by atoms with Crippen LogP contribution in [-0.4, -0.2) is 38.8 Å². The average Bonchev–Trinajstić information content (AvgIpc) is 3.14. The van der Waals surface area contributed by atoms with Crippen molar-refractivity contribution < 1.29 is 22.4 Å². The van der Waals surface area contributed by atoms with Crippen LogP contribution >= 0.6 is 0 Å². The third-order valence-electron chi connectivity index (χ3n) is 5.00. The van der Waals surface area contributed by atoms with E-state index in [0.29, 0.717) is 30.9 Å². The lowest BCUT2D eigenvalue weighted by Crippen LogP contribution is -2.45. The van der Waals surface area contributed by atoms with Gasteiger partial charge in [-0.15, -0.1) is 0 Å². The maximum absolute atomic E-state index is 12.9. The third kappa shape index (κ3) is 4.39. The molecule has 2 aromatic rings. The van der Waals surface area contributed by atoms with Gasteiger partial charge in [0.1, 0.15) is 17.3 Å². The largest absolute Gasteiger partial charge is 0.497 e. The van der Waals surface area contributed by atoms with Crippen molar-refractivity contribution in [2.75, 3.05) is 20.2 Å². The zero-order valence-electron chi connectivity index (χ0n) is 16.3. The highest BCUT2D eigenvalue weighted by atomic mass is 32.2. The van der Waals surface area contributed by atoms with Gasteiger partial charge in [0.05, 0.1) is 24.0 Å². The molecule has 1 aliphatic heterocycles. The summed E-state index contributed by atoms with van der Waals surface area (Å²) in [4.78, 5) is 12.9. The molecule has 0 bridgehead atoms. The highest BCUT2D eigenvalue weighted by Crippen LogP contribution is 2.26. The van der Waals surface area contributed by atoms with Crippen LogP contribution in [0.5, 0.6) is 5.75 Å². The predicted molar refractivity (Wildman–Crippen MR) is 104 cm³/mol. The molecule has 0 spiro atoms. The van der Waals surface area contributed by atoms with E-state index < -0.39 is 10.0 Å². The molecule has 2 unspecified atom stereocenters. The maximum atomic E-state index is 12.9. The normalized spacial score (nSPS) is 19.2. The van der Waals surface area contributed by atoms with Gasteiger partial charge in [-0.2, -0.15) is 4.31 Å². The average molecular weight is 407 g/mol. The van der Waals surface area contributed by atoms with Crippen molar-refractivity contribution in [2.24, 2.45) is 5.92 Å². The van der Waals surface area contributed by atoms with Crippen LogP contribution in [0.25, 0.3) is 0 Å². The monoisotopic (exact) mass is 406 g/mol. The molecule has 0 aliphatic carbocycles. The second-order valence-electron chi connectivity index (χ2n) is 7.06. The number of sulfonamides is 1. The standard InChI is InChI=1S/C20H26N2O5S/c1-14-6-11-19(27-14)15(2)21-20(23)16-5-4-12-22(13-16)28(24,25)18-9-7-17(26-3)8-10-18/h6-11,15-16H,4-5,12-13H2,1-3H3,(H,21,23). The van der Waals surface area contributed by atoms with Crippen LogP contribution in [0, 0.1) is 12.8 Å². The molecular formula is C20H26N2O5S. The van der Waals surface area contributed by atoms with Crippen molar-refractivity contribution >= 4 is 15.9 Å². The number of hydrogen-bond donors (Lipinski definition) is 1. The van der Waals surface area contributed by atoms with Crippen LogP contribution in [0.15, 0.2) is 45.7 Å². The number of furan rings is 1.